The third-order valence-electron chi connectivity index (χ3n) is 5.18. The van der Waals surface area contributed by atoms with E-state index in [0.717, 1.165) is 22.3 Å². The number of nitrogens with zero attached hydrogens (tertiary/aromatic N) is 1. The molecule has 2 aromatic carbocycles. The Hall–Kier alpha value is -2.93. The molecular weight excluding hydrogens is 378 g/mol. The number of aliphatic hydroxyl groups is 2. The second-order valence-electron chi connectivity index (χ2n) is 7.21. The molecule has 158 valence electrons. The van der Waals surface area contributed by atoms with Gasteiger partial charge in [-0.2, -0.15) is 0 Å². The van der Waals surface area contributed by atoms with Crippen molar-refractivity contribution in [1.82, 2.24) is 10.2 Å². The summed E-state index contributed by atoms with van der Waals surface area (Å²) < 4.78 is 0. The first kappa shape index (κ1) is 21.8. The molecular formula is C24H29N3O3. The Morgan fingerprint density at radius 1 is 1.13 bits per heavy atom. The number of carbonyl (C=O) groups is 1. The monoisotopic (exact) mass is 407 g/mol. The molecule has 6 nitrogen and oxygen atoms in total. The molecule has 0 spiro atoms. The van der Waals surface area contributed by atoms with Crippen molar-refractivity contribution in [3.05, 3.63) is 77.5 Å². The van der Waals surface area contributed by atoms with E-state index in [4.69, 9.17) is 5.11 Å². The average Bonchev–Trinajstić information content (AvgIpc) is 2.76. The number of anilines is 1. The summed E-state index contributed by atoms with van der Waals surface area (Å²) in [5.41, 5.74) is 4.98. The number of hydrogen-bond donors (Lipinski definition) is 4. The highest BCUT2D eigenvalue weighted by atomic mass is 16.3. The maximum Gasteiger partial charge on any atom is 0.256 e. The molecule has 1 aliphatic rings. The van der Waals surface area contributed by atoms with Crippen LogP contribution in [-0.2, 0) is 4.79 Å². The molecule has 30 heavy (non-hydrogen) atoms. The van der Waals surface area contributed by atoms with Crippen LogP contribution in [0, 0.1) is 6.92 Å². The number of amides is 1. The van der Waals surface area contributed by atoms with Crippen LogP contribution in [-0.4, -0.2) is 53.5 Å². The summed E-state index contributed by atoms with van der Waals surface area (Å²) in [5.74, 6) is -0.331. The number of carbonyl (C=O) groups excluding carboxylic acids is 1. The highest BCUT2D eigenvalue weighted by molar-refractivity contribution is 6.05. The lowest BCUT2D eigenvalue weighted by atomic mass is 9.99. The lowest BCUT2D eigenvalue weighted by molar-refractivity contribution is -0.114. The van der Waals surface area contributed by atoms with Gasteiger partial charge in [-0.3, -0.25) is 4.79 Å². The number of hydrogen-bond acceptors (Lipinski definition) is 5. The van der Waals surface area contributed by atoms with E-state index in [0.29, 0.717) is 30.9 Å². The molecule has 0 aliphatic carbocycles. The first-order valence-electron chi connectivity index (χ1n) is 10.2. The Labute approximate surface area is 177 Å². The lowest BCUT2D eigenvalue weighted by Gasteiger charge is -2.31. The third kappa shape index (κ3) is 4.97. The Balaban J connectivity index is 1.83. The topological polar surface area (TPSA) is 84.8 Å². The van der Waals surface area contributed by atoms with E-state index in [9.17, 15) is 9.90 Å². The van der Waals surface area contributed by atoms with Crippen LogP contribution in [0.1, 0.15) is 12.5 Å². The van der Waals surface area contributed by atoms with Gasteiger partial charge in [-0.25, -0.2) is 0 Å². The van der Waals surface area contributed by atoms with Gasteiger partial charge < -0.3 is 25.7 Å². The lowest BCUT2D eigenvalue weighted by Crippen LogP contribution is -2.40. The van der Waals surface area contributed by atoms with Gasteiger partial charge in [-0.05, 0) is 48.3 Å². The molecule has 1 amide bonds. The van der Waals surface area contributed by atoms with Crippen LogP contribution in [0.2, 0.25) is 0 Å². The maximum atomic E-state index is 13.1. The Bertz CT molecular complexity index is 938. The summed E-state index contributed by atoms with van der Waals surface area (Å²) in [6, 6.07) is 15.8. The number of aliphatic hydroxyl groups excluding tert-OH is 2. The molecule has 0 saturated heterocycles. The Kier molecular flexibility index (Phi) is 7.41. The molecule has 0 bridgehead atoms. The fraction of sp³-hybridized carbons (Fsp3) is 0.292. The maximum absolute atomic E-state index is 13.1. The minimum Gasteiger partial charge on any atom is -0.395 e. The molecule has 1 heterocycles. The highest BCUT2D eigenvalue weighted by Gasteiger charge is 2.27. The largest absolute Gasteiger partial charge is 0.395 e. The van der Waals surface area contributed by atoms with Gasteiger partial charge in [0.15, 0.2) is 6.23 Å². The van der Waals surface area contributed by atoms with Crippen LogP contribution in [0.5, 0.6) is 0 Å². The van der Waals surface area contributed by atoms with Gasteiger partial charge >= 0.3 is 0 Å². The van der Waals surface area contributed by atoms with Crippen molar-refractivity contribution in [3.63, 3.8) is 0 Å². The van der Waals surface area contributed by atoms with Crippen molar-refractivity contribution in [2.45, 2.75) is 20.1 Å². The number of rotatable bonds is 8. The molecule has 3 rings (SSSR count). The summed E-state index contributed by atoms with van der Waals surface area (Å²) >= 11 is 0. The van der Waals surface area contributed by atoms with E-state index in [1.165, 1.54) is 0 Å². The normalized spacial score (nSPS) is 16.1. The molecule has 1 atom stereocenters. The second kappa shape index (κ2) is 10.2. The smallest absolute Gasteiger partial charge is 0.256 e. The molecule has 1 unspecified atom stereocenters. The molecule has 6 heteroatoms. The van der Waals surface area contributed by atoms with Crippen molar-refractivity contribution >= 4 is 11.6 Å². The van der Waals surface area contributed by atoms with Crippen molar-refractivity contribution < 1.29 is 15.0 Å². The van der Waals surface area contributed by atoms with Crippen molar-refractivity contribution in [1.29, 1.82) is 0 Å². The third-order valence-corrected chi connectivity index (χ3v) is 5.18. The summed E-state index contributed by atoms with van der Waals surface area (Å²) in [5, 5.41) is 25.7. The van der Waals surface area contributed by atoms with Crippen LogP contribution in [0.3, 0.4) is 0 Å². The summed E-state index contributed by atoms with van der Waals surface area (Å²) in [7, 11) is 0. The first-order chi connectivity index (χ1) is 14.5. The van der Waals surface area contributed by atoms with E-state index in [2.05, 4.69) is 10.6 Å². The zero-order valence-electron chi connectivity index (χ0n) is 17.4. The van der Waals surface area contributed by atoms with Crippen LogP contribution < -0.4 is 10.6 Å². The van der Waals surface area contributed by atoms with E-state index >= 15 is 0 Å². The van der Waals surface area contributed by atoms with Crippen molar-refractivity contribution in [2.75, 3.05) is 31.6 Å². The highest BCUT2D eigenvalue weighted by Crippen LogP contribution is 2.29. The predicted molar refractivity (Wildman–Crippen MR) is 120 cm³/mol. The standard InChI is InChI=1S/C24H29N3O3/c1-3-27-16-18(15-25-12-13-28)14-21(24(27)30)23(29)26-22-11-7-10-20(17(22)2)19-8-5-4-6-9-19/h4-11,14,16,24-25,28,30H,3,12-13,15H2,1-2H3,(H,26,29). The first-order valence-corrected chi connectivity index (χ1v) is 10.2. The predicted octanol–water partition coefficient (Wildman–Crippen LogP) is 2.65. The van der Waals surface area contributed by atoms with Crippen molar-refractivity contribution in [3.8, 4) is 11.1 Å². The second-order valence-corrected chi connectivity index (χ2v) is 7.21. The van der Waals surface area contributed by atoms with Crippen LogP contribution in [0.25, 0.3) is 11.1 Å². The number of likely N-dealkylation sites (N-methyl/N-ethyl adjacent to an activating group) is 1. The SMILES string of the molecule is CCN1C=C(CNCCO)C=C(C(=O)Nc2cccc(-c3ccccc3)c2C)C1O. The zero-order valence-corrected chi connectivity index (χ0v) is 17.4. The van der Waals surface area contributed by atoms with E-state index in [1.54, 1.807) is 11.0 Å². The molecule has 0 aromatic heterocycles. The van der Waals surface area contributed by atoms with Gasteiger partial charge in [0.25, 0.3) is 5.91 Å². The van der Waals surface area contributed by atoms with Crippen LogP contribution >= 0.6 is 0 Å². The van der Waals surface area contributed by atoms with E-state index in [1.807, 2.05) is 68.6 Å². The minimum atomic E-state index is -1.01. The molecule has 4 N–H and O–H groups in total. The van der Waals surface area contributed by atoms with Gasteiger partial charge in [0.1, 0.15) is 0 Å². The van der Waals surface area contributed by atoms with Gasteiger partial charge in [-0.1, -0.05) is 42.5 Å². The summed E-state index contributed by atoms with van der Waals surface area (Å²) in [4.78, 5) is 14.8. The fourth-order valence-corrected chi connectivity index (χ4v) is 3.53. The molecule has 2 aromatic rings. The van der Waals surface area contributed by atoms with Crippen LogP contribution in [0.15, 0.2) is 72.0 Å². The summed E-state index contributed by atoms with van der Waals surface area (Å²) in [6.07, 6.45) is 2.55. The van der Waals surface area contributed by atoms with Gasteiger partial charge in [-0.15, -0.1) is 0 Å². The number of benzene rings is 2. The van der Waals surface area contributed by atoms with E-state index in [-0.39, 0.29) is 12.5 Å². The van der Waals surface area contributed by atoms with Crippen LogP contribution in [0.4, 0.5) is 5.69 Å². The average molecular weight is 408 g/mol. The zero-order chi connectivity index (χ0) is 21.5. The Morgan fingerprint density at radius 3 is 2.60 bits per heavy atom. The summed E-state index contributed by atoms with van der Waals surface area (Å²) in [6.45, 7) is 5.48. The minimum absolute atomic E-state index is 0.0431. The quantitative estimate of drug-likeness (QED) is 0.506. The van der Waals surface area contributed by atoms with Gasteiger partial charge in [0.05, 0.1) is 12.2 Å². The molecule has 0 saturated carbocycles. The fourth-order valence-electron chi connectivity index (χ4n) is 3.53. The molecule has 0 fully saturated rings. The molecule has 1 aliphatic heterocycles. The van der Waals surface area contributed by atoms with Gasteiger partial charge in [0, 0.05) is 31.5 Å². The van der Waals surface area contributed by atoms with Crippen molar-refractivity contribution in [2.24, 2.45) is 0 Å². The Morgan fingerprint density at radius 2 is 1.90 bits per heavy atom. The van der Waals surface area contributed by atoms with E-state index < -0.39 is 6.23 Å². The molecule has 0 radical (unpaired) electrons. The van der Waals surface area contributed by atoms with Gasteiger partial charge in [0.2, 0.25) is 0 Å². The number of nitrogens with one attached hydrogen (secondary N) is 2.